The van der Waals surface area contributed by atoms with E-state index in [1.807, 2.05) is 20.8 Å². The molecule has 0 aromatic heterocycles. The van der Waals surface area contributed by atoms with E-state index in [0.29, 0.717) is 18.3 Å². The summed E-state index contributed by atoms with van der Waals surface area (Å²) in [7, 11) is 0. The fraction of sp³-hybridized carbons (Fsp3) is 0.750. The summed E-state index contributed by atoms with van der Waals surface area (Å²) in [6, 6.07) is 0. The zero-order valence-corrected chi connectivity index (χ0v) is 21.9. The molecule has 0 aromatic carbocycles. The third kappa shape index (κ3) is 10.1. The summed E-state index contributed by atoms with van der Waals surface area (Å²) in [6.07, 6.45) is 9.48. The molecule has 2 aliphatic carbocycles. The standard InChI is InChI=1S/C12H18NO.C12H23O.Y/c1-2-5-13-12(14)8-11-7-9-3-4-10(11)6-9;1-9(8-11(2,3)4)10(13)12(5,6)7;/h3-4,9-11H,1-2,5-8H2,(H,13,14);9H,1,8H2,2-7H3;/q2*-1;. The van der Waals surface area contributed by atoms with Crippen molar-refractivity contribution < 1.29 is 42.3 Å². The van der Waals surface area contributed by atoms with Crippen LogP contribution in [0.1, 0.15) is 73.6 Å². The van der Waals surface area contributed by atoms with Crippen LogP contribution in [0, 0.1) is 48.3 Å². The Labute approximate surface area is 199 Å². The van der Waals surface area contributed by atoms with Crippen LogP contribution in [0.25, 0.3) is 0 Å². The molecule has 28 heavy (non-hydrogen) atoms. The van der Waals surface area contributed by atoms with Gasteiger partial charge in [0.25, 0.3) is 0 Å². The van der Waals surface area contributed by atoms with Gasteiger partial charge in [0.2, 0.25) is 5.91 Å². The zero-order valence-electron chi connectivity index (χ0n) is 19.0. The molecule has 1 radical (unpaired) electrons. The van der Waals surface area contributed by atoms with Gasteiger partial charge in [-0.15, -0.1) is 5.92 Å². The van der Waals surface area contributed by atoms with Gasteiger partial charge in [-0.1, -0.05) is 60.1 Å². The molecule has 3 nitrogen and oxygen atoms in total. The Kier molecular flexibility index (Phi) is 12.0. The molecule has 4 heteroatoms. The monoisotopic (exact) mass is 464 g/mol. The first kappa shape index (κ1) is 28.0. The van der Waals surface area contributed by atoms with Crippen molar-refractivity contribution in [1.29, 1.82) is 0 Å². The maximum absolute atomic E-state index is 11.8. The number of carbonyl (C=O) groups excluding carboxylic acids is 2. The predicted octanol–water partition coefficient (Wildman–Crippen LogP) is 5.41. The van der Waals surface area contributed by atoms with Gasteiger partial charge in [-0.2, -0.15) is 6.42 Å². The molecule has 1 fully saturated rings. The van der Waals surface area contributed by atoms with Crippen molar-refractivity contribution in [2.45, 2.75) is 73.6 Å². The number of ketones is 1. The predicted molar refractivity (Wildman–Crippen MR) is 114 cm³/mol. The molecule has 4 unspecified atom stereocenters. The van der Waals surface area contributed by atoms with Gasteiger partial charge in [-0.25, -0.2) is 0 Å². The number of allylic oxidation sites excluding steroid dienone is 2. The van der Waals surface area contributed by atoms with E-state index >= 15 is 0 Å². The molecule has 0 aromatic rings. The van der Waals surface area contributed by atoms with E-state index in [2.05, 4.69) is 52.1 Å². The molecule has 2 rings (SSSR count). The summed E-state index contributed by atoms with van der Waals surface area (Å²) in [5.74, 6) is 2.47. The number of hydrogen-bond acceptors (Lipinski definition) is 2. The number of Topliss-reactive ketones (excluding diaryl/α,β-unsaturated/α-hetero) is 1. The summed E-state index contributed by atoms with van der Waals surface area (Å²) in [4.78, 5) is 23.3. The minimum atomic E-state index is -0.252. The maximum Gasteiger partial charge on any atom is 0.220 e. The van der Waals surface area contributed by atoms with Crippen LogP contribution in [0.4, 0.5) is 0 Å². The minimum Gasteiger partial charge on any atom is -0.359 e. The van der Waals surface area contributed by atoms with Crippen molar-refractivity contribution in [3.63, 3.8) is 0 Å². The molecule has 1 N–H and O–H groups in total. The van der Waals surface area contributed by atoms with Crippen molar-refractivity contribution in [1.82, 2.24) is 5.32 Å². The van der Waals surface area contributed by atoms with Gasteiger partial charge in [0, 0.05) is 44.5 Å². The van der Waals surface area contributed by atoms with Crippen LogP contribution in [-0.2, 0) is 42.3 Å². The van der Waals surface area contributed by atoms with E-state index in [4.69, 9.17) is 0 Å². The topological polar surface area (TPSA) is 46.2 Å². The molecule has 0 spiro atoms. The van der Waals surface area contributed by atoms with Gasteiger partial charge in [0.1, 0.15) is 5.78 Å². The van der Waals surface area contributed by atoms with Crippen molar-refractivity contribution in [2.75, 3.05) is 6.54 Å². The van der Waals surface area contributed by atoms with E-state index in [1.165, 1.54) is 12.8 Å². The maximum atomic E-state index is 11.8. The summed E-state index contributed by atoms with van der Waals surface area (Å²) in [6.45, 7) is 20.6. The molecule has 1 saturated carbocycles. The van der Waals surface area contributed by atoms with Crippen LogP contribution < -0.4 is 5.32 Å². The summed E-state index contributed by atoms with van der Waals surface area (Å²) in [5, 5.41) is 2.89. The third-order valence-corrected chi connectivity index (χ3v) is 5.33. The van der Waals surface area contributed by atoms with Crippen LogP contribution in [0.2, 0.25) is 0 Å². The smallest absolute Gasteiger partial charge is 0.220 e. The average molecular weight is 465 g/mol. The van der Waals surface area contributed by atoms with Gasteiger partial charge in [0.05, 0.1) is 0 Å². The quantitative estimate of drug-likeness (QED) is 0.422. The fourth-order valence-electron chi connectivity index (χ4n) is 4.11. The zero-order chi connectivity index (χ0) is 20.8. The van der Waals surface area contributed by atoms with Crippen LogP contribution in [0.15, 0.2) is 12.2 Å². The Morgan fingerprint density at radius 1 is 1.11 bits per heavy atom. The number of carbonyl (C=O) groups is 2. The van der Waals surface area contributed by atoms with Gasteiger partial charge in [0.15, 0.2) is 0 Å². The van der Waals surface area contributed by atoms with Crippen LogP contribution >= 0.6 is 0 Å². The fourth-order valence-corrected chi connectivity index (χ4v) is 4.11. The van der Waals surface area contributed by atoms with Crippen LogP contribution in [0.3, 0.4) is 0 Å². The van der Waals surface area contributed by atoms with Crippen molar-refractivity contribution >= 4 is 11.7 Å². The van der Waals surface area contributed by atoms with Crippen LogP contribution in [0.5, 0.6) is 0 Å². The molecule has 2 bridgehead atoms. The Balaban J connectivity index is 0.000000505. The van der Waals surface area contributed by atoms with Crippen molar-refractivity contribution in [3.05, 3.63) is 26.0 Å². The summed E-state index contributed by atoms with van der Waals surface area (Å²) in [5.41, 5.74) is -0.0645. The van der Waals surface area contributed by atoms with Crippen molar-refractivity contribution in [3.8, 4) is 0 Å². The third-order valence-electron chi connectivity index (χ3n) is 5.33. The van der Waals surface area contributed by atoms with E-state index in [-0.39, 0.29) is 61.1 Å². The van der Waals surface area contributed by atoms with Gasteiger partial charge in [-0.3, -0.25) is 4.79 Å². The molecule has 0 heterocycles. The minimum absolute atomic E-state index is 0. The van der Waals surface area contributed by atoms with E-state index in [9.17, 15) is 9.59 Å². The van der Waals surface area contributed by atoms with Gasteiger partial charge >= 0.3 is 0 Å². The number of fused-ring (bicyclic) bond motifs is 2. The Morgan fingerprint density at radius 3 is 2.11 bits per heavy atom. The Bertz CT molecular complexity index is 528. The molecule has 0 aliphatic heterocycles. The normalized spacial score (nSPS) is 24.1. The molecule has 1 amide bonds. The number of rotatable bonds is 6. The first-order chi connectivity index (χ1) is 12.3. The number of hydrogen-bond donors (Lipinski definition) is 1. The SMILES string of the molecule is [CH2-]C(CC(C)(C)C)C(=O)C(C)(C)C.[CH2-]CCNC(=O)CC1CC2C=CC1C2.[Y]. The Hall–Kier alpha value is -0.0161. The Morgan fingerprint density at radius 2 is 1.71 bits per heavy atom. The summed E-state index contributed by atoms with van der Waals surface area (Å²) < 4.78 is 0. The van der Waals surface area contributed by atoms with Gasteiger partial charge < -0.3 is 24.0 Å². The number of amides is 1. The first-order valence-electron chi connectivity index (χ1n) is 10.4. The van der Waals surface area contributed by atoms with E-state index in [1.54, 1.807) is 0 Å². The molecular weight excluding hydrogens is 423 g/mol. The second-order valence-electron chi connectivity index (χ2n) is 10.5. The second-order valence-corrected chi connectivity index (χ2v) is 10.5. The molecular formula is C24H41NO2Y-2. The van der Waals surface area contributed by atoms with E-state index in [0.717, 1.165) is 25.3 Å². The average Bonchev–Trinajstić information content (AvgIpc) is 3.13. The van der Waals surface area contributed by atoms with E-state index < -0.39 is 0 Å². The van der Waals surface area contributed by atoms with Crippen LogP contribution in [-0.4, -0.2) is 18.2 Å². The molecule has 0 saturated heterocycles. The molecule has 2 aliphatic rings. The number of nitrogens with one attached hydrogen (secondary N) is 1. The largest absolute Gasteiger partial charge is 0.359 e. The second kappa shape index (κ2) is 12.0. The first-order valence-corrected chi connectivity index (χ1v) is 10.4. The van der Waals surface area contributed by atoms with Gasteiger partial charge in [-0.05, 0) is 42.6 Å². The van der Waals surface area contributed by atoms with Crippen molar-refractivity contribution in [2.24, 2.45) is 34.5 Å². The molecule has 159 valence electrons. The summed E-state index contributed by atoms with van der Waals surface area (Å²) >= 11 is 0. The molecule has 4 atom stereocenters.